The van der Waals surface area contributed by atoms with E-state index in [0.717, 1.165) is 0 Å². The van der Waals surface area contributed by atoms with Gasteiger partial charge in [0.05, 0.1) is 17.8 Å². The lowest BCUT2D eigenvalue weighted by atomic mass is 10.2. The van der Waals surface area contributed by atoms with Gasteiger partial charge in [0.2, 0.25) is 0 Å². The van der Waals surface area contributed by atoms with Crippen molar-refractivity contribution in [3.63, 3.8) is 0 Å². The molecular weight excluding hydrogens is 282 g/mol. The highest BCUT2D eigenvalue weighted by Crippen LogP contribution is 2.22. The Balaban J connectivity index is 1.69. The molecule has 1 amide bonds. The van der Waals surface area contributed by atoms with Gasteiger partial charge < -0.3 is 14.2 Å². The first-order valence-electron chi connectivity index (χ1n) is 6.18. The molecule has 0 spiro atoms. The summed E-state index contributed by atoms with van der Waals surface area (Å²) in [4.78, 5) is 12.0. The summed E-state index contributed by atoms with van der Waals surface area (Å²) in [5, 5.41) is 2.67. The first kappa shape index (κ1) is 13.0. The van der Waals surface area contributed by atoms with Gasteiger partial charge in [-0.05, 0) is 30.7 Å². The molecule has 0 unspecified atom stereocenters. The Hall–Kier alpha value is -2.02. The third-order valence-electron chi connectivity index (χ3n) is 3.16. The van der Waals surface area contributed by atoms with Gasteiger partial charge in [0, 0.05) is 6.04 Å². The van der Waals surface area contributed by atoms with Crippen molar-refractivity contribution in [2.45, 2.75) is 12.5 Å². The maximum absolute atomic E-state index is 12.0. The van der Waals surface area contributed by atoms with Crippen LogP contribution in [0.1, 0.15) is 17.0 Å². The topological polar surface area (TPSA) is 89.5 Å². The predicted octanol–water partition coefficient (Wildman–Crippen LogP) is 1.46. The molecule has 0 bridgehead atoms. The van der Waals surface area contributed by atoms with E-state index in [-0.39, 0.29) is 23.3 Å². The second-order valence-corrected chi connectivity index (χ2v) is 6.94. The molecule has 1 saturated heterocycles. The summed E-state index contributed by atoms with van der Waals surface area (Å²) in [7, 11) is -3.01. The molecule has 1 fully saturated rings. The van der Waals surface area contributed by atoms with Crippen molar-refractivity contribution in [3.05, 3.63) is 36.3 Å². The molecule has 3 rings (SSSR count). The Kier molecular flexibility index (Phi) is 3.13. The van der Waals surface area contributed by atoms with E-state index in [2.05, 4.69) is 5.32 Å². The van der Waals surface area contributed by atoms with Crippen LogP contribution in [0.2, 0.25) is 0 Å². The first-order valence-corrected chi connectivity index (χ1v) is 8.01. The normalized spacial score (nSPS) is 20.9. The number of nitrogens with one attached hydrogen (secondary N) is 1. The molecule has 6 nitrogen and oxygen atoms in total. The van der Waals surface area contributed by atoms with E-state index >= 15 is 0 Å². The van der Waals surface area contributed by atoms with E-state index in [9.17, 15) is 13.2 Å². The molecule has 7 heteroatoms. The number of hydrogen-bond acceptors (Lipinski definition) is 5. The van der Waals surface area contributed by atoms with Gasteiger partial charge in [-0.3, -0.25) is 4.79 Å². The quantitative estimate of drug-likeness (QED) is 0.925. The largest absolute Gasteiger partial charge is 0.461 e. The number of amides is 1. The summed E-state index contributed by atoms with van der Waals surface area (Å²) >= 11 is 0. The van der Waals surface area contributed by atoms with Crippen molar-refractivity contribution in [3.8, 4) is 11.5 Å². The molecule has 0 aliphatic carbocycles. The van der Waals surface area contributed by atoms with E-state index in [4.69, 9.17) is 8.83 Å². The van der Waals surface area contributed by atoms with Crippen LogP contribution in [0.5, 0.6) is 0 Å². The monoisotopic (exact) mass is 295 g/mol. The second-order valence-electron chi connectivity index (χ2n) is 4.71. The van der Waals surface area contributed by atoms with Gasteiger partial charge in [-0.2, -0.15) is 0 Å². The zero-order valence-electron chi connectivity index (χ0n) is 10.5. The number of carbonyl (C=O) groups is 1. The summed E-state index contributed by atoms with van der Waals surface area (Å²) < 4.78 is 33.2. The van der Waals surface area contributed by atoms with Crippen LogP contribution in [0.25, 0.3) is 11.5 Å². The summed E-state index contributed by atoms with van der Waals surface area (Å²) in [6.45, 7) is 0. The Morgan fingerprint density at radius 1 is 1.25 bits per heavy atom. The minimum atomic E-state index is -3.01. The fourth-order valence-electron chi connectivity index (χ4n) is 2.18. The third-order valence-corrected chi connectivity index (χ3v) is 4.93. The van der Waals surface area contributed by atoms with E-state index < -0.39 is 15.7 Å². The van der Waals surface area contributed by atoms with Gasteiger partial charge in [0.15, 0.2) is 27.1 Å². The Bertz CT molecular complexity index is 714. The molecule has 1 N–H and O–H groups in total. The minimum absolute atomic E-state index is 0.00943. The SMILES string of the molecule is O=C(N[C@@H]1CCS(=O)(=O)C1)c1ccc(-c2ccco2)o1. The highest BCUT2D eigenvalue weighted by atomic mass is 32.2. The fourth-order valence-corrected chi connectivity index (χ4v) is 3.85. The molecule has 0 saturated carbocycles. The van der Waals surface area contributed by atoms with Crippen LogP contribution >= 0.6 is 0 Å². The molecule has 0 radical (unpaired) electrons. The van der Waals surface area contributed by atoms with E-state index in [1.54, 1.807) is 18.2 Å². The molecule has 3 heterocycles. The standard InChI is InChI=1S/C13H13NO5S/c15-13(14-9-5-7-20(16,17)8-9)12-4-3-11(19-12)10-2-1-6-18-10/h1-4,6,9H,5,7-8H2,(H,14,15)/t9-/m1/s1. The van der Waals surface area contributed by atoms with Crippen LogP contribution in [0, 0.1) is 0 Å². The van der Waals surface area contributed by atoms with Crippen LogP contribution in [0.4, 0.5) is 0 Å². The van der Waals surface area contributed by atoms with Crippen LogP contribution in [-0.4, -0.2) is 31.9 Å². The summed E-state index contributed by atoms with van der Waals surface area (Å²) in [6, 6.07) is 6.28. The number of hydrogen-bond donors (Lipinski definition) is 1. The molecule has 106 valence electrons. The van der Waals surface area contributed by atoms with Gasteiger partial charge in [-0.15, -0.1) is 0 Å². The Morgan fingerprint density at radius 3 is 2.75 bits per heavy atom. The summed E-state index contributed by atoms with van der Waals surface area (Å²) in [6.07, 6.45) is 1.96. The predicted molar refractivity (Wildman–Crippen MR) is 70.9 cm³/mol. The fraction of sp³-hybridized carbons (Fsp3) is 0.308. The Labute approximate surface area is 115 Å². The van der Waals surface area contributed by atoms with Crippen molar-refractivity contribution >= 4 is 15.7 Å². The Morgan fingerprint density at radius 2 is 2.10 bits per heavy atom. The van der Waals surface area contributed by atoms with E-state index in [1.807, 2.05) is 0 Å². The molecule has 1 aliphatic rings. The van der Waals surface area contributed by atoms with Crippen LogP contribution < -0.4 is 5.32 Å². The van der Waals surface area contributed by atoms with Crippen LogP contribution in [0.3, 0.4) is 0 Å². The van der Waals surface area contributed by atoms with Crippen molar-refractivity contribution in [2.24, 2.45) is 0 Å². The molecule has 20 heavy (non-hydrogen) atoms. The highest BCUT2D eigenvalue weighted by molar-refractivity contribution is 7.91. The summed E-state index contributed by atoms with van der Waals surface area (Å²) in [5.74, 6) is 0.829. The third kappa shape index (κ3) is 2.62. The second kappa shape index (κ2) is 4.82. The van der Waals surface area contributed by atoms with Crippen molar-refractivity contribution < 1.29 is 22.0 Å². The van der Waals surface area contributed by atoms with Gasteiger partial charge in [0.25, 0.3) is 5.91 Å². The van der Waals surface area contributed by atoms with Crippen molar-refractivity contribution in [1.29, 1.82) is 0 Å². The van der Waals surface area contributed by atoms with E-state index in [1.165, 1.54) is 12.3 Å². The molecular formula is C13H13NO5S. The lowest BCUT2D eigenvalue weighted by Crippen LogP contribution is -2.35. The molecule has 1 atom stereocenters. The molecule has 1 aliphatic heterocycles. The first-order chi connectivity index (χ1) is 9.53. The maximum atomic E-state index is 12.0. The minimum Gasteiger partial charge on any atom is -0.461 e. The lowest BCUT2D eigenvalue weighted by Gasteiger charge is -2.08. The molecule has 2 aromatic rings. The molecule has 0 aromatic carbocycles. The van der Waals surface area contributed by atoms with E-state index in [0.29, 0.717) is 17.9 Å². The van der Waals surface area contributed by atoms with Gasteiger partial charge in [0.1, 0.15) is 0 Å². The number of sulfone groups is 1. The smallest absolute Gasteiger partial charge is 0.287 e. The van der Waals surface area contributed by atoms with Crippen molar-refractivity contribution in [2.75, 3.05) is 11.5 Å². The summed E-state index contributed by atoms with van der Waals surface area (Å²) in [5.41, 5.74) is 0. The average Bonchev–Trinajstić information content (AvgIpc) is 3.08. The van der Waals surface area contributed by atoms with Gasteiger partial charge in [-0.25, -0.2) is 8.42 Å². The van der Waals surface area contributed by atoms with Gasteiger partial charge in [-0.1, -0.05) is 0 Å². The zero-order chi connectivity index (χ0) is 14.2. The maximum Gasteiger partial charge on any atom is 0.287 e. The molecule has 2 aromatic heterocycles. The zero-order valence-corrected chi connectivity index (χ0v) is 11.4. The average molecular weight is 295 g/mol. The number of carbonyl (C=O) groups excluding carboxylic acids is 1. The highest BCUT2D eigenvalue weighted by Gasteiger charge is 2.29. The number of furan rings is 2. The lowest BCUT2D eigenvalue weighted by molar-refractivity contribution is 0.0914. The van der Waals surface area contributed by atoms with Crippen molar-refractivity contribution in [1.82, 2.24) is 5.32 Å². The number of rotatable bonds is 3. The van der Waals surface area contributed by atoms with Crippen LogP contribution in [0.15, 0.2) is 39.4 Å². The van der Waals surface area contributed by atoms with Gasteiger partial charge >= 0.3 is 0 Å². The van der Waals surface area contributed by atoms with Crippen LogP contribution in [-0.2, 0) is 9.84 Å².